The van der Waals surface area contributed by atoms with Crippen LogP contribution in [0.5, 0.6) is 11.5 Å². The van der Waals surface area contributed by atoms with Crippen molar-refractivity contribution in [1.29, 1.82) is 0 Å². The highest BCUT2D eigenvalue weighted by atomic mass is 16.5. The van der Waals surface area contributed by atoms with Gasteiger partial charge in [0.05, 0.1) is 20.3 Å². The van der Waals surface area contributed by atoms with Gasteiger partial charge in [0.25, 0.3) is 0 Å². The standard InChI is InChI=1S/C16H25NO3/c1-18-15-7-6-13(16(11-15)19-2)12-17-9-8-14-5-3-4-10-20-14/h6-7,11,14,17H,3-5,8-10,12H2,1-2H3. The van der Waals surface area contributed by atoms with Gasteiger partial charge in [-0.05, 0) is 38.3 Å². The Bertz CT molecular complexity index is 403. The van der Waals surface area contributed by atoms with Crippen LogP contribution < -0.4 is 14.8 Å². The lowest BCUT2D eigenvalue weighted by atomic mass is 10.1. The van der Waals surface area contributed by atoms with Crippen molar-refractivity contribution in [3.8, 4) is 11.5 Å². The van der Waals surface area contributed by atoms with Gasteiger partial charge in [-0.3, -0.25) is 0 Å². The molecule has 0 aromatic heterocycles. The number of hydrogen-bond donors (Lipinski definition) is 1. The number of ether oxygens (including phenoxy) is 3. The third kappa shape index (κ3) is 4.39. The molecule has 1 unspecified atom stereocenters. The summed E-state index contributed by atoms with van der Waals surface area (Å²) < 4.78 is 16.3. The van der Waals surface area contributed by atoms with E-state index in [0.29, 0.717) is 6.10 Å². The van der Waals surface area contributed by atoms with Crippen LogP contribution in [0.2, 0.25) is 0 Å². The second kappa shape index (κ2) is 8.12. The van der Waals surface area contributed by atoms with Crippen LogP contribution in [0.1, 0.15) is 31.2 Å². The van der Waals surface area contributed by atoms with E-state index in [-0.39, 0.29) is 0 Å². The summed E-state index contributed by atoms with van der Waals surface area (Å²) in [5.74, 6) is 1.69. The highest BCUT2D eigenvalue weighted by molar-refractivity contribution is 5.40. The molecule has 0 radical (unpaired) electrons. The minimum Gasteiger partial charge on any atom is -0.497 e. The van der Waals surface area contributed by atoms with Crippen LogP contribution in [0.4, 0.5) is 0 Å². The van der Waals surface area contributed by atoms with Gasteiger partial charge in [0.1, 0.15) is 11.5 Å². The number of rotatable bonds is 7. The van der Waals surface area contributed by atoms with Crippen molar-refractivity contribution in [1.82, 2.24) is 5.32 Å². The molecule has 1 fully saturated rings. The molecule has 1 N–H and O–H groups in total. The summed E-state index contributed by atoms with van der Waals surface area (Å²) in [6.45, 7) is 2.71. The van der Waals surface area contributed by atoms with Crippen LogP contribution in [-0.4, -0.2) is 33.5 Å². The summed E-state index contributed by atoms with van der Waals surface area (Å²) >= 11 is 0. The lowest BCUT2D eigenvalue weighted by Crippen LogP contribution is -2.25. The minimum absolute atomic E-state index is 0.439. The molecule has 1 aromatic rings. The Kier molecular flexibility index (Phi) is 6.15. The molecule has 0 spiro atoms. The van der Waals surface area contributed by atoms with Gasteiger partial charge in [-0.25, -0.2) is 0 Å². The van der Waals surface area contributed by atoms with Crippen LogP contribution in [0.25, 0.3) is 0 Å². The number of methoxy groups -OCH3 is 2. The van der Waals surface area contributed by atoms with E-state index in [1.165, 1.54) is 19.3 Å². The number of benzene rings is 1. The highest BCUT2D eigenvalue weighted by Crippen LogP contribution is 2.24. The van der Waals surface area contributed by atoms with Gasteiger partial charge in [0.2, 0.25) is 0 Å². The van der Waals surface area contributed by atoms with Crippen LogP contribution >= 0.6 is 0 Å². The molecule has 0 bridgehead atoms. The summed E-state index contributed by atoms with van der Waals surface area (Å²) in [7, 11) is 3.35. The lowest BCUT2D eigenvalue weighted by Gasteiger charge is -2.22. The molecule has 1 saturated heterocycles. The molecule has 1 aromatic carbocycles. The van der Waals surface area contributed by atoms with E-state index in [1.54, 1.807) is 14.2 Å². The van der Waals surface area contributed by atoms with Gasteiger partial charge in [0, 0.05) is 24.8 Å². The van der Waals surface area contributed by atoms with Gasteiger partial charge in [-0.1, -0.05) is 6.07 Å². The SMILES string of the molecule is COc1ccc(CNCCC2CCCCO2)c(OC)c1. The van der Waals surface area contributed by atoms with Crippen LogP contribution in [-0.2, 0) is 11.3 Å². The maximum Gasteiger partial charge on any atom is 0.127 e. The molecule has 112 valence electrons. The van der Waals surface area contributed by atoms with Gasteiger partial charge in [0.15, 0.2) is 0 Å². The maximum absolute atomic E-state index is 5.72. The predicted octanol–water partition coefficient (Wildman–Crippen LogP) is 2.75. The summed E-state index contributed by atoms with van der Waals surface area (Å²) in [6, 6.07) is 5.92. The van der Waals surface area contributed by atoms with Gasteiger partial charge in [-0.15, -0.1) is 0 Å². The third-order valence-corrected chi connectivity index (χ3v) is 3.73. The zero-order valence-corrected chi connectivity index (χ0v) is 12.5. The van der Waals surface area contributed by atoms with Gasteiger partial charge >= 0.3 is 0 Å². The first-order valence-corrected chi connectivity index (χ1v) is 7.36. The zero-order chi connectivity index (χ0) is 14.2. The Balaban J connectivity index is 1.75. The molecule has 0 saturated carbocycles. The third-order valence-electron chi connectivity index (χ3n) is 3.73. The lowest BCUT2D eigenvalue weighted by molar-refractivity contribution is 0.0115. The Morgan fingerprint density at radius 2 is 2.15 bits per heavy atom. The Labute approximate surface area is 121 Å². The van der Waals surface area contributed by atoms with Crippen molar-refractivity contribution < 1.29 is 14.2 Å². The van der Waals surface area contributed by atoms with Crippen LogP contribution in [0, 0.1) is 0 Å². The van der Waals surface area contributed by atoms with Crippen molar-refractivity contribution in [3.63, 3.8) is 0 Å². The van der Waals surface area contributed by atoms with E-state index in [1.807, 2.05) is 18.2 Å². The van der Waals surface area contributed by atoms with E-state index in [9.17, 15) is 0 Å². The fourth-order valence-corrected chi connectivity index (χ4v) is 2.52. The van der Waals surface area contributed by atoms with E-state index in [4.69, 9.17) is 14.2 Å². The van der Waals surface area contributed by atoms with E-state index in [2.05, 4.69) is 5.32 Å². The van der Waals surface area contributed by atoms with E-state index < -0.39 is 0 Å². The summed E-state index contributed by atoms with van der Waals surface area (Å²) in [4.78, 5) is 0. The fourth-order valence-electron chi connectivity index (χ4n) is 2.52. The molecule has 0 aliphatic carbocycles. The molecule has 1 aliphatic heterocycles. The molecule has 1 atom stereocenters. The van der Waals surface area contributed by atoms with Gasteiger partial charge in [-0.2, -0.15) is 0 Å². The maximum atomic E-state index is 5.72. The molecule has 0 amide bonds. The Morgan fingerprint density at radius 1 is 1.25 bits per heavy atom. The van der Waals surface area contributed by atoms with Crippen molar-refractivity contribution >= 4 is 0 Å². The first kappa shape index (κ1) is 15.1. The second-order valence-corrected chi connectivity index (χ2v) is 5.13. The van der Waals surface area contributed by atoms with Crippen molar-refractivity contribution in [2.45, 2.75) is 38.3 Å². The van der Waals surface area contributed by atoms with Crippen LogP contribution in [0.3, 0.4) is 0 Å². The Morgan fingerprint density at radius 3 is 2.85 bits per heavy atom. The Hall–Kier alpha value is -1.26. The number of hydrogen-bond acceptors (Lipinski definition) is 4. The summed E-state index contributed by atoms with van der Waals surface area (Å²) in [6.07, 6.45) is 5.24. The van der Waals surface area contributed by atoms with E-state index in [0.717, 1.165) is 43.2 Å². The second-order valence-electron chi connectivity index (χ2n) is 5.13. The largest absolute Gasteiger partial charge is 0.497 e. The molecular weight excluding hydrogens is 254 g/mol. The highest BCUT2D eigenvalue weighted by Gasteiger charge is 2.13. The molecule has 4 nitrogen and oxygen atoms in total. The molecule has 4 heteroatoms. The summed E-state index contributed by atoms with van der Waals surface area (Å²) in [5, 5.41) is 3.46. The average Bonchev–Trinajstić information content (AvgIpc) is 2.52. The van der Waals surface area contributed by atoms with Crippen molar-refractivity contribution in [2.75, 3.05) is 27.4 Å². The fraction of sp³-hybridized carbons (Fsp3) is 0.625. The summed E-state index contributed by atoms with van der Waals surface area (Å²) in [5.41, 5.74) is 1.15. The normalized spacial score (nSPS) is 18.8. The number of nitrogens with one attached hydrogen (secondary N) is 1. The molecule has 1 heterocycles. The monoisotopic (exact) mass is 279 g/mol. The molecule has 1 aliphatic rings. The van der Waals surface area contributed by atoms with Crippen molar-refractivity contribution in [2.24, 2.45) is 0 Å². The van der Waals surface area contributed by atoms with Crippen LogP contribution in [0.15, 0.2) is 18.2 Å². The molecular formula is C16H25NO3. The zero-order valence-electron chi connectivity index (χ0n) is 12.5. The first-order valence-electron chi connectivity index (χ1n) is 7.36. The molecule has 20 heavy (non-hydrogen) atoms. The average molecular weight is 279 g/mol. The topological polar surface area (TPSA) is 39.7 Å². The first-order chi connectivity index (χ1) is 9.83. The van der Waals surface area contributed by atoms with Gasteiger partial charge < -0.3 is 19.5 Å². The smallest absolute Gasteiger partial charge is 0.127 e. The van der Waals surface area contributed by atoms with E-state index >= 15 is 0 Å². The van der Waals surface area contributed by atoms with Crippen molar-refractivity contribution in [3.05, 3.63) is 23.8 Å². The minimum atomic E-state index is 0.439. The predicted molar refractivity (Wildman–Crippen MR) is 79.5 cm³/mol. The quantitative estimate of drug-likeness (QED) is 0.779. The molecule has 2 rings (SSSR count).